The van der Waals surface area contributed by atoms with Gasteiger partial charge in [0.1, 0.15) is 12.4 Å². The zero-order valence-electron chi connectivity index (χ0n) is 8.96. The Morgan fingerprint density at radius 2 is 2.29 bits per heavy atom. The topological polar surface area (TPSA) is 64.9 Å². The van der Waals surface area contributed by atoms with Crippen LogP contribution < -0.4 is 10.6 Å². The van der Waals surface area contributed by atoms with Crippen LogP contribution in [0.4, 0.5) is 4.39 Å². The molecule has 0 aliphatic carbocycles. The molecule has 1 rings (SSSR count). The molecule has 0 atom stereocenters. The molecule has 0 aromatic heterocycles. The van der Waals surface area contributed by atoms with Gasteiger partial charge in [-0.15, -0.1) is 0 Å². The minimum absolute atomic E-state index is 0.0221. The molecule has 0 saturated heterocycles. The highest BCUT2D eigenvalue weighted by Crippen LogP contribution is 2.15. The van der Waals surface area contributed by atoms with Crippen molar-refractivity contribution in [3.05, 3.63) is 34.1 Å². The molecule has 1 amide bonds. The summed E-state index contributed by atoms with van der Waals surface area (Å²) in [5.74, 6) is -0.611. The second kappa shape index (κ2) is 6.99. The minimum Gasteiger partial charge on any atom is -0.342 e. The second-order valence-electron chi connectivity index (χ2n) is 3.27. The lowest BCUT2D eigenvalue weighted by molar-refractivity contribution is -0.120. The molecule has 0 aliphatic heterocycles. The van der Waals surface area contributed by atoms with Crippen molar-refractivity contribution in [1.82, 2.24) is 10.6 Å². The molecule has 0 aliphatic rings. The molecule has 0 bridgehead atoms. The number of halogens is 2. The molecule has 0 heterocycles. The van der Waals surface area contributed by atoms with Crippen LogP contribution in [0.2, 0.25) is 0 Å². The van der Waals surface area contributed by atoms with Crippen LogP contribution in [0.3, 0.4) is 0 Å². The fourth-order valence-corrected chi connectivity index (χ4v) is 1.60. The number of nitrogens with one attached hydrogen (secondary N) is 2. The highest BCUT2D eigenvalue weighted by atomic mass is 79.9. The number of amides is 1. The maximum atomic E-state index is 13.3. The summed E-state index contributed by atoms with van der Waals surface area (Å²) in [6, 6.07) is 6.41. The Kier molecular flexibility index (Phi) is 5.60. The molecule has 0 spiro atoms. The summed E-state index contributed by atoms with van der Waals surface area (Å²) in [6.45, 7) is 0.282. The van der Waals surface area contributed by atoms with E-state index in [9.17, 15) is 9.18 Å². The molecule has 17 heavy (non-hydrogen) atoms. The van der Waals surface area contributed by atoms with Gasteiger partial charge in [-0.1, -0.05) is 15.9 Å². The zero-order valence-corrected chi connectivity index (χ0v) is 10.6. The van der Waals surface area contributed by atoms with Crippen molar-refractivity contribution in [2.45, 2.75) is 6.54 Å². The van der Waals surface area contributed by atoms with Crippen molar-refractivity contribution in [3.63, 3.8) is 0 Å². The van der Waals surface area contributed by atoms with Gasteiger partial charge >= 0.3 is 0 Å². The van der Waals surface area contributed by atoms with E-state index in [4.69, 9.17) is 5.26 Å². The lowest BCUT2D eigenvalue weighted by Crippen LogP contribution is -2.33. The predicted octanol–water partition coefficient (Wildman–Crippen LogP) is 1.32. The SMILES string of the molecule is N#CCNC(=O)CNCc1cc(Br)ccc1F. The number of hydrogen-bond donors (Lipinski definition) is 2. The minimum atomic E-state index is -0.321. The molecular weight excluding hydrogens is 289 g/mol. The van der Waals surface area contributed by atoms with Gasteiger partial charge in [0.15, 0.2) is 0 Å². The lowest BCUT2D eigenvalue weighted by Gasteiger charge is -2.06. The summed E-state index contributed by atoms with van der Waals surface area (Å²) in [6.07, 6.45) is 0. The van der Waals surface area contributed by atoms with Gasteiger partial charge in [0, 0.05) is 16.6 Å². The van der Waals surface area contributed by atoms with Gasteiger partial charge in [-0.3, -0.25) is 4.79 Å². The van der Waals surface area contributed by atoms with E-state index in [1.165, 1.54) is 6.07 Å². The Balaban J connectivity index is 2.38. The van der Waals surface area contributed by atoms with E-state index in [-0.39, 0.29) is 31.4 Å². The third-order valence-electron chi connectivity index (χ3n) is 1.97. The molecule has 4 nitrogen and oxygen atoms in total. The summed E-state index contributed by atoms with van der Waals surface area (Å²) < 4.78 is 14.1. The molecule has 6 heteroatoms. The van der Waals surface area contributed by atoms with Gasteiger partial charge in [0.05, 0.1) is 12.6 Å². The molecule has 1 aromatic carbocycles. The van der Waals surface area contributed by atoms with Crippen LogP contribution >= 0.6 is 15.9 Å². The average molecular weight is 300 g/mol. The summed E-state index contributed by atoms with van der Waals surface area (Å²) in [5, 5.41) is 13.4. The van der Waals surface area contributed by atoms with E-state index < -0.39 is 0 Å². The maximum absolute atomic E-state index is 13.3. The summed E-state index contributed by atoms with van der Waals surface area (Å²) in [7, 11) is 0. The first-order chi connectivity index (χ1) is 8.13. The molecule has 0 radical (unpaired) electrons. The van der Waals surface area contributed by atoms with Gasteiger partial charge in [-0.2, -0.15) is 5.26 Å². The Bertz CT molecular complexity index is 445. The first kappa shape index (κ1) is 13.6. The van der Waals surface area contributed by atoms with E-state index in [0.717, 1.165) is 4.47 Å². The zero-order chi connectivity index (χ0) is 12.7. The summed E-state index contributed by atoms with van der Waals surface area (Å²) in [4.78, 5) is 11.1. The quantitative estimate of drug-likeness (QED) is 0.806. The van der Waals surface area contributed by atoms with Gasteiger partial charge in [-0.25, -0.2) is 4.39 Å². The van der Waals surface area contributed by atoms with Crippen LogP contribution in [0.25, 0.3) is 0 Å². The average Bonchev–Trinajstić information content (AvgIpc) is 2.31. The van der Waals surface area contributed by atoms with Crippen molar-refractivity contribution in [2.75, 3.05) is 13.1 Å². The molecule has 0 fully saturated rings. The second-order valence-corrected chi connectivity index (χ2v) is 4.19. The third kappa shape index (κ3) is 4.93. The number of carbonyl (C=O) groups is 1. The summed E-state index contributed by atoms with van der Waals surface area (Å²) in [5.41, 5.74) is 0.479. The predicted molar refractivity (Wildman–Crippen MR) is 64.4 cm³/mol. The van der Waals surface area contributed by atoms with Crippen LogP contribution in [0.5, 0.6) is 0 Å². The third-order valence-corrected chi connectivity index (χ3v) is 2.47. The highest BCUT2D eigenvalue weighted by Gasteiger charge is 2.04. The molecule has 0 unspecified atom stereocenters. The Morgan fingerprint density at radius 3 is 3.00 bits per heavy atom. The number of nitrogens with zero attached hydrogens (tertiary/aromatic N) is 1. The van der Waals surface area contributed by atoms with Crippen molar-refractivity contribution < 1.29 is 9.18 Å². The molecule has 0 saturated carbocycles. The van der Waals surface area contributed by atoms with Gasteiger partial charge in [0.25, 0.3) is 0 Å². The van der Waals surface area contributed by atoms with Crippen LogP contribution in [-0.4, -0.2) is 19.0 Å². The fraction of sp³-hybridized carbons (Fsp3) is 0.273. The largest absolute Gasteiger partial charge is 0.342 e. The summed E-state index contributed by atoms with van der Waals surface area (Å²) >= 11 is 3.24. The van der Waals surface area contributed by atoms with E-state index in [1.807, 2.05) is 0 Å². The van der Waals surface area contributed by atoms with Crippen LogP contribution in [0.1, 0.15) is 5.56 Å². The van der Waals surface area contributed by atoms with Gasteiger partial charge in [-0.05, 0) is 18.2 Å². The normalized spacial score (nSPS) is 9.71. The van der Waals surface area contributed by atoms with Crippen molar-refractivity contribution >= 4 is 21.8 Å². The Labute approximate surface area is 107 Å². The van der Waals surface area contributed by atoms with Gasteiger partial charge in [0.2, 0.25) is 5.91 Å². The van der Waals surface area contributed by atoms with Crippen molar-refractivity contribution in [1.29, 1.82) is 5.26 Å². The van der Waals surface area contributed by atoms with E-state index in [0.29, 0.717) is 5.56 Å². The standard InChI is InChI=1S/C11H11BrFN3O/c12-9-1-2-10(13)8(5-9)6-15-7-11(17)16-4-3-14/h1-2,5,15H,4,6-7H2,(H,16,17). The smallest absolute Gasteiger partial charge is 0.234 e. The van der Waals surface area contributed by atoms with Gasteiger partial charge < -0.3 is 10.6 Å². The van der Waals surface area contributed by atoms with Crippen LogP contribution in [0.15, 0.2) is 22.7 Å². The maximum Gasteiger partial charge on any atom is 0.234 e. The number of rotatable bonds is 5. The molecule has 2 N–H and O–H groups in total. The monoisotopic (exact) mass is 299 g/mol. The molecule has 1 aromatic rings. The lowest BCUT2D eigenvalue weighted by atomic mass is 10.2. The van der Waals surface area contributed by atoms with E-state index in [2.05, 4.69) is 26.6 Å². The van der Waals surface area contributed by atoms with E-state index in [1.54, 1.807) is 18.2 Å². The first-order valence-corrected chi connectivity index (χ1v) is 5.71. The van der Waals surface area contributed by atoms with E-state index >= 15 is 0 Å². The van der Waals surface area contributed by atoms with Crippen molar-refractivity contribution in [2.24, 2.45) is 0 Å². The Hall–Kier alpha value is -1.45. The molecule has 90 valence electrons. The highest BCUT2D eigenvalue weighted by molar-refractivity contribution is 9.10. The first-order valence-electron chi connectivity index (χ1n) is 4.92. The number of hydrogen-bond acceptors (Lipinski definition) is 3. The number of benzene rings is 1. The number of nitriles is 1. The number of carbonyl (C=O) groups excluding carboxylic acids is 1. The fourth-order valence-electron chi connectivity index (χ4n) is 1.19. The molecular formula is C11H11BrFN3O. The van der Waals surface area contributed by atoms with Crippen LogP contribution in [-0.2, 0) is 11.3 Å². The van der Waals surface area contributed by atoms with Crippen LogP contribution in [0, 0.1) is 17.1 Å². The van der Waals surface area contributed by atoms with Crippen molar-refractivity contribution in [3.8, 4) is 6.07 Å². The Morgan fingerprint density at radius 1 is 1.53 bits per heavy atom.